The summed E-state index contributed by atoms with van der Waals surface area (Å²) < 4.78 is 4.82. The van der Waals surface area contributed by atoms with Crippen LogP contribution in [0.1, 0.15) is 38.2 Å². The molecular weight excluding hydrogens is 238 g/mol. The van der Waals surface area contributed by atoms with Gasteiger partial charge in [0.15, 0.2) is 0 Å². The van der Waals surface area contributed by atoms with E-state index in [2.05, 4.69) is 36.5 Å². The molecule has 1 aromatic carbocycles. The molecule has 1 N–H and O–H groups in total. The average Bonchev–Trinajstić information content (AvgIpc) is 2.47. The molecule has 0 radical (unpaired) electrons. The molecule has 0 saturated heterocycles. The lowest BCUT2D eigenvalue weighted by Crippen LogP contribution is -2.38. The first-order chi connectivity index (χ1) is 9.27. The summed E-state index contributed by atoms with van der Waals surface area (Å²) in [5, 5.41) is 3.30. The van der Waals surface area contributed by atoms with Crippen molar-refractivity contribution in [2.24, 2.45) is 0 Å². The Labute approximate surface area is 116 Å². The van der Waals surface area contributed by atoms with Gasteiger partial charge in [0, 0.05) is 0 Å². The monoisotopic (exact) mass is 263 g/mol. The van der Waals surface area contributed by atoms with Crippen molar-refractivity contribution in [3.63, 3.8) is 0 Å². The Hall–Kier alpha value is -1.35. The predicted octanol–water partition coefficient (Wildman–Crippen LogP) is 2.94. The highest BCUT2D eigenvalue weighted by molar-refractivity contribution is 5.75. The van der Waals surface area contributed by atoms with E-state index < -0.39 is 0 Å². The summed E-state index contributed by atoms with van der Waals surface area (Å²) in [7, 11) is 1.45. The van der Waals surface area contributed by atoms with Crippen molar-refractivity contribution in [2.75, 3.05) is 13.7 Å². The minimum absolute atomic E-state index is 0.145. The van der Waals surface area contributed by atoms with Gasteiger partial charge in [0.05, 0.1) is 7.11 Å². The van der Waals surface area contributed by atoms with Crippen LogP contribution in [0.5, 0.6) is 0 Å². The molecule has 0 bridgehead atoms. The number of rotatable bonds is 9. The van der Waals surface area contributed by atoms with Crippen LogP contribution in [0.15, 0.2) is 30.3 Å². The molecule has 0 heterocycles. The second kappa shape index (κ2) is 9.56. The lowest BCUT2D eigenvalue weighted by atomic mass is 10.1. The Balaban J connectivity index is 2.25. The van der Waals surface area contributed by atoms with Crippen molar-refractivity contribution in [1.82, 2.24) is 5.32 Å². The van der Waals surface area contributed by atoms with Crippen LogP contribution in [0.2, 0.25) is 0 Å². The number of aryl methyl sites for hydroxylation is 1. The molecule has 1 atom stereocenters. The molecule has 1 rings (SSSR count). The largest absolute Gasteiger partial charge is 0.468 e. The molecular formula is C16H25NO2. The fourth-order valence-electron chi connectivity index (χ4n) is 2.07. The number of carbonyl (C=O) groups excluding carboxylic acids is 1. The maximum absolute atomic E-state index is 11.6. The number of methoxy groups -OCH3 is 1. The van der Waals surface area contributed by atoms with Crippen molar-refractivity contribution in [2.45, 2.75) is 45.1 Å². The minimum atomic E-state index is -0.152. The summed E-state index contributed by atoms with van der Waals surface area (Å²) in [6.45, 7) is 2.97. The molecule has 106 valence electrons. The second-order valence-corrected chi connectivity index (χ2v) is 4.76. The van der Waals surface area contributed by atoms with E-state index in [-0.39, 0.29) is 12.0 Å². The van der Waals surface area contributed by atoms with Gasteiger partial charge in [-0.05, 0) is 31.4 Å². The lowest BCUT2D eigenvalue weighted by molar-refractivity contribution is -0.143. The van der Waals surface area contributed by atoms with Crippen LogP contribution in [0.3, 0.4) is 0 Å². The minimum Gasteiger partial charge on any atom is -0.468 e. The van der Waals surface area contributed by atoms with Crippen LogP contribution < -0.4 is 5.32 Å². The van der Waals surface area contributed by atoms with Gasteiger partial charge in [-0.2, -0.15) is 0 Å². The SMILES string of the molecule is CCCCC(NCCCc1ccccc1)C(=O)OC. The summed E-state index contributed by atoms with van der Waals surface area (Å²) in [4.78, 5) is 11.6. The van der Waals surface area contributed by atoms with Gasteiger partial charge in [-0.25, -0.2) is 0 Å². The molecule has 0 amide bonds. The highest BCUT2D eigenvalue weighted by Crippen LogP contribution is 2.04. The van der Waals surface area contributed by atoms with E-state index in [1.165, 1.54) is 12.7 Å². The van der Waals surface area contributed by atoms with Gasteiger partial charge in [0.25, 0.3) is 0 Å². The second-order valence-electron chi connectivity index (χ2n) is 4.76. The van der Waals surface area contributed by atoms with Crippen LogP contribution in [0.4, 0.5) is 0 Å². The zero-order chi connectivity index (χ0) is 13.9. The van der Waals surface area contributed by atoms with Gasteiger partial charge in [-0.1, -0.05) is 50.1 Å². The Morgan fingerprint density at radius 3 is 2.63 bits per heavy atom. The Bertz CT molecular complexity index is 351. The summed E-state index contributed by atoms with van der Waals surface area (Å²) in [6.07, 6.45) is 5.07. The van der Waals surface area contributed by atoms with Crippen molar-refractivity contribution in [3.05, 3.63) is 35.9 Å². The first-order valence-electron chi connectivity index (χ1n) is 7.13. The van der Waals surface area contributed by atoms with Crippen LogP contribution >= 0.6 is 0 Å². The molecule has 19 heavy (non-hydrogen) atoms. The quantitative estimate of drug-likeness (QED) is 0.550. The number of benzene rings is 1. The maximum Gasteiger partial charge on any atom is 0.322 e. The summed E-state index contributed by atoms with van der Waals surface area (Å²) in [5.41, 5.74) is 1.34. The molecule has 0 aliphatic rings. The first-order valence-corrected chi connectivity index (χ1v) is 7.13. The van der Waals surface area contributed by atoms with Gasteiger partial charge in [0.1, 0.15) is 6.04 Å². The molecule has 0 saturated carbocycles. The van der Waals surface area contributed by atoms with E-state index in [1.807, 2.05) is 6.07 Å². The van der Waals surface area contributed by atoms with Crippen molar-refractivity contribution >= 4 is 5.97 Å². The molecule has 0 aliphatic carbocycles. The van der Waals surface area contributed by atoms with Gasteiger partial charge in [-0.3, -0.25) is 4.79 Å². The zero-order valence-electron chi connectivity index (χ0n) is 12.0. The van der Waals surface area contributed by atoms with Crippen molar-refractivity contribution in [1.29, 1.82) is 0 Å². The normalized spacial score (nSPS) is 12.1. The van der Waals surface area contributed by atoms with E-state index in [0.717, 1.165) is 38.6 Å². The number of nitrogens with one attached hydrogen (secondary N) is 1. The summed E-state index contributed by atoms with van der Waals surface area (Å²) >= 11 is 0. The van der Waals surface area contributed by atoms with Gasteiger partial charge in [-0.15, -0.1) is 0 Å². The number of hydrogen-bond acceptors (Lipinski definition) is 3. The molecule has 3 heteroatoms. The standard InChI is InChI=1S/C16H25NO2/c1-3-4-12-15(16(18)19-2)17-13-8-11-14-9-6-5-7-10-14/h5-7,9-10,15,17H,3-4,8,11-13H2,1-2H3. The van der Waals surface area contributed by atoms with E-state index in [9.17, 15) is 4.79 Å². The summed E-state index contributed by atoms with van der Waals surface area (Å²) in [6, 6.07) is 10.3. The fourth-order valence-corrected chi connectivity index (χ4v) is 2.07. The van der Waals surface area contributed by atoms with E-state index in [4.69, 9.17) is 4.74 Å². The molecule has 1 aromatic rings. The topological polar surface area (TPSA) is 38.3 Å². The zero-order valence-corrected chi connectivity index (χ0v) is 12.0. The summed E-state index contributed by atoms with van der Waals surface area (Å²) in [5.74, 6) is -0.145. The lowest BCUT2D eigenvalue weighted by Gasteiger charge is -2.16. The Morgan fingerprint density at radius 1 is 1.26 bits per heavy atom. The van der Waals surface area contributed by atoms with E-state index in [0.29, 0.717) is 0 Å². The predicted molar refractivity (Wildman–Crippen MR) is 78.1 cm³/mol. The number of ether oxygens (including phenoxy) is 1. The number of hydrogen-bond donors (Lipinski definition) is 1. The molecule has 0 aliphatic heterocycles. The third-order valence-corrected chi connectivity index (χ3v) is 3.21. The molecule has 3 nitrogen and oxygen atoms in total. The van der Waals surface area contributed by atoms with E-state index >= 15 is 0 Å². The number of unbranched alkanes of at least 4 members (excludes halogenated alkanes) is 1. The first kappa shape index (κ1) is 15.7. The number of carbonyl (C=O) groups is 1. The van der Waals surface area contributed by atoms with Crippen LogP contribution in [-0.2, 0) is 16.0 Å². The Morgan fingerprint density at radius 2 is 2.00 bits per heavy atom. The smallest absolute Gasteiger partial charge is 0.322 e. The molecule has 0 aromatic heterocycles. The fraction of sp³-hybridized carbons (Fsp3) is 0.562. The van der Waals surface area contributed by atoms with Crippen LogP contribution in [0, 0.1) is 0 Å². The maximum atomic E-state index is 11.6. The number of esters is 1. The highest BCUT2D eigenvalue weighted by atomic mass is 16.5. The van der Waals surface area contributed by atoms with Gasteiger partial charge < -0.3 is 10.1 Å². The highest BCUT2D eigenvalue weighted by Gasteiger charge is 2.16. The Kier molecular flexibility index (Phi) is 7.91. The van der Waals surface area contributed by atoms with Gasteiger partial charge >= 0.3 is 5.97 Å². The van der Waals surface area contributed by atoms with Crippen molar-refractivity contribution in [3.8, 4) is 0 Å². The van der Waals surface area contributed by atoms with Crippen molar-refractivity contribution < 1.29 is 9.53 Å². The third-order valence-electron chi connectivity index (χ3n) is 3.21. The van der Waals surface area contributed by atoms with Crippen LogP contribution in [-0.4, -0.2) is 25.7 Å². The molecule has 0 spiro atoms. The van der Waals surface area contributed by atoms with Gasteiger partial charge in [0.2, 0.25) is 0 Å². The molecule has 0 fully saturated rings. The van der Waals surface area contributed by atoms with E-state index in [1.54, 1.807) is 0 Å². The van der Waals surface area contributed by atoms with Crippen LogP contribution in [0.25, 0.3) is 0 Å². The molecule has 1 unspecified atom stereocenters. The average molecular weight is 263 g/mol. The third kappa shape index (κ3) is 6.39.